The summed E-state index contributed by atoms with van der Waals surface area (Å²) in [7, 11) is -3.71. The van der Waals surface area contributed by atoms with Crippen LogP contribution in [-0.2, 0) is 15.6 Å². The van der Waals surface area contributed by atoms with E-state index in [0.29, 0.717) is 0 Å². The fourth-order valence-electron chi connectivity index (χ4n) is 3.13. The van der Waals surface area contributed by atoms with Crippen LogP contribution in [-0.4, -0.2) is 37.6 Å². The Bertz CT molecular complexity index is 1100. The number of rotatable bonds is 8. The van der Waals surface area contributed by atoms with Crippen LogP contribution in [0.2, 0.25) is 0 Å². The number of nitrogens with one attached hydrogen (secondary N) is 2. The summed E-state index contributed by atoms with van der Waals surface area (Å²) in [5, 5.41) is 15.2. The molecule has 1 heterocycles. The number of benzene rings is 2. The van der Waals surface area contributed by atoms with Crippen molar-refractivity contribution < 1.29 is 17.9 Å². The van der Waals surface area contributed by atoms with Gasteiger partial charge in [-0.3, -0.25) is 4.98 Å². The molecule has 8 heteroatoms. The van der Waals surface area contributed by atoms with Crippen molar-refractivity contribution in [3.05, 3.63) is 72.3 Å². The van der Waals surface area contributed by atoms with E-state index >= 15 is 0 Å². The van der Waals surface area contributed by atoms with Gasteiger partial charge in [-0.25, -0.2) is 17.5 Å². The van der Waals surface area contributed by atoms with Gasteiger partial charge in [0, 0.05) is 42.5 Å². The highest BCUT2D eigenvalue weighted by molar-refractivity contribution is 7.89. The summed E-state index contributed by atoms with van der Waals surface area (Å²) in [4.78, 5) is 4.18. The molecule has 0 aliphatic heterocycles. The molecule has 0 bridgehead atoms. The molecule has 0 spiro atoms. The molecule has 2 aromatic carbocycles. The zero-order chi connectivity index (χ0) is 21.1. The SMILES string of the molecule is C[C@H](CNCC(C)(O)c1ccccc1F)NS(=O)(=O)c1ccc2cnccc2c1. The molecular formula is C21H24FN3O3S. The summed E-state index contributed by atoms with van der Waals surface area (Å²) in [6, 6.07) is 12.2. The number of sulfonamides is 1. The molecule has 0 saturated heterocycles. The van der Waals surface area contributed by atoms with Crippen molar-refractivity contribution in [1.82, 2.24) is 15.0 Å². The van der Waals surface area contributed by atoms with Gasteiger partial charge in [0.05, 0.1) is 4.90 Å². The third-order valence-corrected chi connectivity index (χ3v) is 6.24. The van der Waals surface area contributed by atoms with E-state index in [9.17, 15) is 17.9 Å². The lowest BCUT2D eigenvalue weighted by Crippen LogP contribution is -2.44. The number of halogens is 1. The lowest BCUT2D eigenvalue weighted by molar-refractivity contribution is 0.0531. The number of aromatic nitrogens is 1. The molecule has 0 aliphatic rings. The molecule has 6 nitrogen and oxygen atoms in total. The number of nitrogens with zero attached hydrogens (tertiary/aromatic N) is 1. The largest absolute Gasteiger partial charge is 0.384 e. The number of aliphatic hydroxyl groups is 1. The van der Waals surface area contributed by atoms with Gasteiger partial charge in [0.15, 0.2) is 0 Å². The lowest BCUT2D eigenvalue weighted by Gasteiger charge is -2.26. The van der Waals surface area contributed by atoms with Crippen LogP contribution in [0, 0.1) is 5.82 Å². The molecule has 0 aliphatic carbocycles. The average molecular weight is 418 g/mol. The van der Waals surface area contributed by atoms with Crippen LogP contribution in [0.4, 0.5) is 4.39 Å². The summed E-state index contributed by atoms with van der Waals surface area (Å²) in [6.45, 7) is 3.56. The second-order valence-corrected chi connectivity index (χ2v) is 9.01. The average Bonchev–Trinajstić information content (AvgIpc) is 2.67. The molecule has 154 valence electrons. The van der Waals surface area contributed by atoms with Crippen molar-refractivity contribution in [2.45, 2.75) is 30.4 Å². The van der Waals surface area contributed by atoms with E-state index in [0.717, 1.165) is 10.8 Å². The third kappa shape index (κ3) is 5.16. The van der Waals surface area contributed by atoms with E-state index in [1.165, 1.54) is 25.1 Å². The first-order chi connectivity index (χ1) is 13.7. The minimum Gasteiger partial charge on any atom is -0.384 e. The fourth-order valence-corrected chi connectivity index (χ4v) is 4.41. The first-order valence-electron chi connectivity index (χ1n) is 9.23. The molecule has 3 rings (SSSR count). The van der Waals surface area contributed by atoms with E-state index in [-0.39, 0.29) is 23.5 Å². The standard InChI is InChI=1S/C21H24FN3O3S/c1-15(12-24-14-21(2,26)19-5-3-4-6-20(19)22)25-29(27,28)18-8-7-17-13-23-10-9-16(17)11-18/h3-11,13,15,24-26H,12,14H2,1-2H3/t15-,21?/m1/s1. The van der Waals surface area contributed by atoms with Crippen LogP contribution >= 0.6 is 0 Å². The van der Waals surface area contributed by atoms with Crippen molar-refractivity contribution in [1.29, 1.82) is 0 Å². The Kier molecular flexibility index (Phi) is 6.28. The van der Waals surface area contributed by atoms with E-state index < -0.39 is 27.5 Å². The molecule has 0 amide bonds. The predicted molar refractivity (Wildman–Crippen MR) is 110 cm³/mol. The lowest BCUT2D eigenvalue weighted by atomic mass is 9.95. The smallest absolute Gasteiger partial charge is 0.240 e. The van der Waals surface area contributed by atoms with Gasteiger partial charge < -0.3 is 10.4 Å². The maximum atomic E-state index is 13.9. The van der Waals surface area contributed by atoms with Gasteiger partial charge in [0.25, 0.3) is 0 Å². The van der Waals surface area contributed by atoms with Crippen LogP contribution in [0.15, 0.2) is 65.8 Å². The number of pyridine rings is 1. The van der Waals surface area contributed by atoms with Crippen LogP contribution in [0.3, 0.4) is 0 Å². The quantitative estimate of drug-likeness (QED) is 0.524. The van der Waals surface area contributed by atoms with Gasteiger partial charge in [-0.2, -0.15) is 0 Å². The topological polar surface area (TPSA) is 91.3 Å². The van der Waals surface area contributed by atoms with Gasteiger partial charge in [-0.05, 0) is 43.5 Å². The molecule has 2 atom stereocenters. The van der Waals surface area contributed by atoms with Crippen LogP contribution in [0.1, 0.15) is 19.4 Å². The molecule has 0 fully saturated rings. The minimum atomic E-state index is -3.71. The zero-order valence-electron chi connectivity index (χ0n) is 16.3. The van der Waals surface area contributed by atoms with Crippen LogP contribution in [0.25, 0.3) is 10.8 Å². The van der Waals surface area contributed by atoms with Gasteiger partial charge in [0.2, 0.25) is 10.0 Å². The highest BCUT2D eigenvalue weighted by atomic mass is 32.2. The molecule has 0 saturated carbocycles. The summed E-state index contributed by atoms with van der Waals surface area (Å²) in [5.41, 5.74) is -1.23. The Morgan fingerprint density at radius 3 is 2.69 bits per heavy atom. The van der Waals surface area contributed by atoms with Gasteiger partial charge in [0.1, 0.15) is 11.4 Å². The van der Waals surface area contributed by atoms with E-state index in [1.807, 2.05) is 0 Å². The van der Waals surface area contributed by atoms with Crippen molar-refractivity contribution in [2.24, 2.45) is 0 Å². The molecule has 1 unspecified atom stereocenters. The van der Waals surface area contributed by atoms with Crippen molar-refractivity contribution in [2.75, 3.05) is 13.1 Å². The van der Waals surface area contributed by atoms with E-state index in [2.05, 4.69) is 15.0 Å². The Hall–Kier alpha value is -2.39. The Morgan fingerprint density at radius 1 is 1.17 bits per heavy atom. The van der Waals surface area contributed by atoms with Gasteiger partial charge in [-0.1, -0.05) is 24.3 Å². The minimum absolute atomic E-state index is 0.0724. The summed E-state index contributed by atoms with van der Waals surface area (Å²) >= 11 is 0. The van der Waals surface area contributed by atoms with Gasteiger partial charge >= 0.3 is 0 Å². The number of hydrogen-bond acceptors (Lipinski definition) is 5. The van der Waals surface area contributed by atoms with Crippen LogP contribution in [0.5, 0.6) is 0 Å². The number of hydrogen-bond donors (Lipinski definition) is 3. The van der Waals surface area contributed by atoms with Crippen LogP contribution < -0.4 is 10.0 Å². The van der Waals surface area contributed by atoms with E-state index in [4.69, 9.17) is 0 Å². The van der Waals surface area contributed by atoms with Crippen molar-refractivity contribution >= 4 is 20.8 Å². The fraction of sp³-hybridized carbons (Fsp3) is 0.286. The first-order valence-corrected chi connectivity index (χ1v) is 10.7. The Morgan fingerprint density at radius 2 is 1.93 bits per heavy atom. The summed E-state index contributed by atoms with van der Waals surface area (Å²) in [6.07, 6.45) is 3.29. The molecule has 3 aromatic rings. The summed E-state index contributed by atoms with van der Waals surface area (Å²) in [5.74, 6) is -0.487. The normalized spacial score (nSPS) is 15.2. The predicted octanol–water partition coefficient (Wildman–Crippen LogP) is 2.54. The molecule has 3 N–H and O–H groups in total. The Labute approximate surface area is 169 Å². The monoisotopic (exact) mass is 417 g/mol. The van der Waals surface area contributed by atoms with E-state index in [1.54, 1.807) is 49.6 Å². The molecule has 0 radical (unpaired) electrons. The molecule has 1 aromatic heterocycles. The molecular weight excluding hydrogens is 393 g/mol. The highest BCUT2D eigenvalue weighted by Crippen LogP contribution is 2.22. The van der Waals surface area contributed by atoms with Gasteiger partial charge in [-0.15, -0.1) is 0 Å². The Balaban J connectivity index is 1.60. The van der Waals surface area contributed by atoms with Crippen molar-refractivity contribution in [3.8, 4) is 0 Å². The highest BCUT2D eigenvalue weighted by Gasteiger charge is 2.26. The first kappa shape index (κ1) is 21.3. The molecule has 29 heavy (non-hydrogen) atoms. The maximum absolute atomic E-state index is 13.9. The third-order valence-electron chi connectivity index (χ3n) is 4.65. The maximum Gasteiger partial charge on any atom is 0.240 e. The number of fused-ring (bicyclic) bond motifs is 1. The summed E-state index contributed by atoms with van der Waals surface area (Å²) < 4.78 is 41.8. The zero-order valence-corrected chi connectivity index (χ0v) is 17.1. The second kappa shape index (κ2) is 8.54. The van der Waals surface area contributed by atoms with Crippen molar-refractivity contribution in [3.63, 3.8) is 0 Å². The second-order valence-electron chi connectivity index (χ2n) is 7.29.